The van der Waals surface area contributed by atoms with Crippen LogP contribution in [0.25, 0.3) is 0 Å². The van der Waals surface area contributed by atoms with Gasteiger partial charge in [-0.3, -0.25) is 9.69 Å². The molecule has 0 radical (unpaired) electrons. The van der Waals surface area contributed by atoms with Crippen LogP contribution in [0.2, 0.25) is 5.02 Å². The van der Waals surface area contributed by atoms with Gasteiger partial charge in [0.2, 0.25) is 5.91 Å². The highest BCUT2D eigenvalue weighted by Gasteiger charge is 2.21. The van der Waals surface area contributed by atoms with E-state index < -0.39 is 0 Å². The molecule has 1 amide bonds. The molecule has 2 aromatic rings. The summed E-state index contributed by atoms with van der Waals surface area (Å²) in [5.41, 5.74) is 2.41. The average Bonchev–Trinajstić information content (AvgIpc) is 3.12. The molecule has 0 saturated carbocycles. The molecule has 1 fully saturated rings. The molecule has 0 unspecified atom stereocenters. The number of hydrogen-bond acceptors (Lipinski definition) is 4. The second-order valence-electron chi connectivity index (χ2n) is 6.50. The fraction of sp³-hybridized carbons (Fsp3) is 0.421. The van der Waals surface area contributed by atoms with Crippen LogP contribution in [0.5, 0.6) is 0 Å². The van der Waals surface area contributed by atoms with Gasteiger partial charge in [-0.1, -0.05) is 17.7 Å². The van der Waals surface area contributed by atoms with E-state index in [0.29, 0.717) is 6.54 Å². The molecule has 0 bridgehead atoms. The van der Waals surface area contributed by atoms with Gasteiger partial charge in [-0.25, -0.2) is 0 Å². The van der Waals surface area contributed by atoms with Gasteiger partial charge in [-0.15, -0.1) is 0 Å². The third-order valence-corrected chi connectivity index (χ3v) is 4.83. The molecule has 1 aromatic heterocycles. The Bertz CT molecular complexity index is 709. The van der Waals surface area contributed by atoms with Gasteiger partial charge in [0.25, 0.3) is 0 Å². The summed E-state index contributed by atoms with van der Waals surface area (Å²) in [4.78, 5) is 16.8. The van der Waals surface area contributed by atoms with Crippen molar-refractivity contribution in [2.75, 3.05) is 37.6 Å². The zero-order chi connectivity index (χ0) is 17.8. The van der Waals surface area contributed by atoms with Gasteiger partial charge in [-0.2, -0.15) is 0 Å². The van der Waals surface area contributed by atoms with Crippen LogP contribution in [0.15, 0.2) is 41.0 Å². The number of rotatable bonds is 5. The fourth-order valence-corrected chi connectivity index (χ4v) is 3.34. The number of benzene rings is 1. The first kappa shape index (κ1) is 17.8. The summed E-state index contributed by atoms with van der Waals surface area (Å²) in [6.07, 6.45) is 1.62. The van der Waals surface area contributed by atoms with Gasteiger partial charge in [0, 0.05) is 36.9 Å². The Balaban J connectivity index is 1.49. The largest absolute Gasteiger partial charge is 0.467 e. The van der Waals surface area contributed by atoms with E-state index in [-0.39, 0.29) is 11.9 Å². The maximum atomic E-state index is 12.2. The minimum absolute atomic E-state index is 0.0243. The molecular weight excluding hydrogens is 338 g/mol. The molecule has 1 aliphatic rings. The van der Waals surface area contributed by atoms with E-state index in [1.165, 1.54) is 11.3 Å². The van der Waals surface area contributed by atoms with E-state index in [2.05, 4.69) is 22.0 Å². The van der Waals surface area contributed by atoms with Crippen molar-refractivity contribution in [3.8, 4) is 0 Å². The van der Waals surface area contributed by atoms with Gasteiger partial charge in [-0.05, 0) is 43.7 Å². The molecule has 0 spiro atoms. The van der Waals surface area contributed by atoms with Crippen LogP contribution in [-0.2, 0) is 4.79 Å². The lowest BCUT2D eigenvalue weighted by molar-refractivity contribution is -0.123. The third-order valence-electron chi connectivity index (χ3n) is 4.60. The van der Waals surface area contributed by atoms with Crippen molar-refractivity contribution in [1.29, 1.82) is 0 Å². The topological polar surface area (TPSA) is 48.7 Å². The standard InChI is InChI=1S/C19H24ClN3O2/c1-14-5-6-16(20)12-17(14)23-9-7-22(8-10-23)13-19(24)21-15(2)18-4-3-11-25-18/h3-6,11-12,15H,7-10,13H2,1-2H3,(H,21,24)/t15-/m0/s1. The number of carbonyl (C=O) groups is 1. The zero-order valence-corrected chi connectivity index (χ0v) is 15.4. The van der Waals surface area contributed by atoms with Crippen molar-refractivity contribution in [2.45, 2.75) is 19.9 Å². The van der Waals surface area contributed by atoms with E-state index in [9.17, 15) is 4.79 Å². The van der Waals surface area contributed by atoms with Gasteiger partial charge in [0.1, 0.15) is 5.76 Å². The molecule has 1 aliphatic heterocycles. The van der Waals surface area contributed by atoms with Crippen LogP contribution in [0, 0.1) is 6.92 Å². The Labute approximate surface area is 153 Å². The first-order valence-electron chi connectivity index (χ1n) is 8.59. The number of halogens is 1. The highest BCUT2D eigenvalue weighted by molar-refractivity contribution is 6.30. The number of furan rings is 1. The van der Waals surface area contributed by atoms with Gasteiger partial charge in [0.15, 0.2) is 0 Å². The Hall–Kier alpha value is -1.98. The van der Waals surface area contributed by atoms with Crippen molar-refractivity contribution in [3.05, 3.63) is 52.9 Å². The first-order valence-corrected chi connectivity index (χ1v) is 8.97. The van der Waals surface area contributed by atoms with Crippen LogP contribution in [-0.4, -0.2) is 43.5 Å². The van der Waals surface area contributed by atoms with E-state index in [1.54, 1.807) is 6.26 Å². The van der Waals surface area contributed by atoms with Crippen molar-refractivity contribution in [2.24, 2.45) is 0 Å². The summed E-state index contributed by atoms with van der Waals surface area (Å²) in [5.74, 6) is 0.797. The van der Waals surface area contributed by atoms with E-state index in [0.717, 1.165) is 37.0 Å². The predicted octanol–water partition coefficient (Wildman–Crippen LogP) is 3.24. The molecular formula is C19H24ClN3O2. The second-order valence-corrected chi connectivity index (χ2v) is 6.94. The number of aryl methyl sites for hydroxylation is 1. The summed E-state index contributed by atoms with van der Waals surface area (Å²) >= 11 is 6.13. The minimum atomic E-state index is -0.113. The molecule has 1 N–H and O–H groups in total. The molecule has 5 nitrogen and oxygen atoms in total. The fourth-order valence-electron chi connectivity index (χ4n) is 3.17. The number of anilines is 1. The molecule has 25 heavy (non-hydrogen) atoms. The van der Waals surface area contributed by atoms with Gasteiger partial charge < -0.3 is 14.6 Å². The van der Waals surface area contributed by atoms with Crippen molar-refractivity contribution >= 4 is 23.2 Å². The summed E-state index contributed by atoms with van der Waals surface area (Å²) < 4.78 is 5.32. The summed E-state index contributed by atoms with van der Waals surface area (Å²) in [6.45, 7) is 7.93. The lowest BCUT2D eigenvalue weighted by Crippen LogP contribution is -2.49. The number of piperazine rings is 1. The van der Waals surface area contributed by atoms with Crippen LogP contribution >= 0.6 is 11.6 Å². The van der Waals surface area contributed by atoms with E-state index >= 15 is 0 Å². The van der Waals surface area contributed by atoms with E-state index in [4.69, 9.17) is 16.0 Å². The second kappa shape index (κ2) is 7.93. The Kier molecular flexibility index (Phi) is 5.66. The monoisotopic (exact) mass is 361 g/mol. The lowest BCUT2D eigenvalue weighted by atomic mass is 10.1. The van der Waals surface area contributed by atoms with Crippen LogP contribution in [0.3, 0.4) is 0 Å². The van der Waals surface area contributed by atoms with Crippen LogP contribution in [0.4, 0.5) is 5.69 Å². The van der Waals surface area contributed by atoms with Crippen LogP contribution < -0.4 is 10.2 Å². The smallest absolute Gasteiger partial charge is 0.234 e. The van der Waals surface area contributed by atoms with Gasteiger partial charge in [0.05, 0.1) is 18.8 Å². The normalized spacial score (nSPS) is 16.7. The highest BCUT2D eigenvalue weighted by Crippen LogP contribution is 2.25. The Morgan fingerprint density at radius 1 is 1.28 bits per heavy atom. The average molecular weight is 362 g/mol. The van der Waals surface area contributed by atoms with Crippen molar-refractivity contribution in [3.63, 3.8) is 0 Å². The van der Waals surface area contributed by atoms with Crippen molar-refractivity contribution < 1.29 is 9.21 Å². The number of hydrogen-bond donors (Lipinski definition) is 1. The number of nitrogens with zero attached hydrogens (tertiary/aromatic N) is 2. The van der Waals surface area contributed by atoms with Crippen molar-refractivity contribution in [1.82, 2.24) is 10.2 Å². The maximum absolute atomic E-state index is 12.2. The Morgan fingerprint density at radius 3 is 2.72 bits per heavy atom. The predicted molar refractivity (Wildman–Crippen MR) is 100 cm³/mol. The molecule has 134 valence electrons. The summed E-state index contributed by atoms with van der Waals surface area (Å²) in [6, 6.07) is 9.57. The zero-order valence-electron chi connectivity index (χ0n) is 14.7. The molecule has 1 aromatic carbocycles. The summed E-state index contributed by atoms with van der Waals surface area (Å²) in [5, 5.41) is 3.74. The molecule has 3 rings (SSSR count). The molecule has 2 heterocycles. The quantitative estimate of drug-likeness (QED) is 0.888. The molecule has 1 saturated heterocycles. The number of nitrogens with one attached hydrogen (secondary N) is 1. The highest BCUT2D eigenvalue weighted by atomic mass is 35.5. The number of carbonyl (C=O) groups excluding carboxylic acids is 1. The first-order chi connectivity index (χ1) is 12.0. The number of amides is 1. The Morgan fingerprint density at radius 2 is 2.04 bits per heavy atom. The lowest BCUT2D eigenvalue weighted by Gasteiger charge is -2.36. The SMILES string of the molecule is Cc1ccc(Cl)cc1N1CCN(CC(=O)N[C@@H](C)c2ccco2)CC1. The molecule has 6 heteroatoms. The minimum Gasteiger partial charge on any atom is -0.467 e. The van der Waals surface area contributed by atoms with Crippen LogP contribution in [0.1, 0.15) is 24.3 Å². The molecule has 1 atom stereocenters. The maximum Gasteiger partial charge on any atom is 0.234 e. The summed E-state index contributed by atoms with van der Waals surface area (Å²) in [7, 11) is 0. The van der Waals surface area contributed by atoms with Gasteiger partial charge >= 0.3 is 0 Å². The third kappa shape index (κ3) is 4.55. The van der Waals surface area contributed by atoms with E-state index in [1.807, 2.05) is 37.3 Å². The molecule has 0 aliphatic carbocycles.